The quantitative estimate of drug-likeness (QED) is 0.796. The molecule has 1 saturated carbocycles. The molecule has 1 aliphatic carbocycles. The van der Waals surface area contributed by atoms with Gasteiger partial charge in [0, 0.05) is 18.4 Å². The lowest BCUT2D eigenvalue weighted by Gasteiger charge is -2.15. The van der Waals surface area contributed by atoms with Crippen LogP contribution in [0.5, 0.6) is 0 Å². The Morgan fingerprint density at radius 3 is 3.07 bits per heavy atom. The Morgan fingerprint density at radius 2 is 2.47 bits per heavy atom. The fourth-order valence-electron chi connectivity index (χ4n) is 2.03. The molecular formula is C12H17N3. The summed E-state index contributed by atoms with van der Waals surface area (Å²) in [6.45, 7) is 3.59. The van der Waals surface area contributed by atoms with E-state index in [1.165, 1.54) is 18.4 Å². The SMILES string of the molecule is CCNC(c1ccn(CC#N)c1)C1CC1. The molecule has 80 valence electrons. The minimum Gasteiger partial charge on any atom is -0.340 e. The molecule has 0 radical (unpaired) electrons. The fraction of sp³-hybridized carbons (Fsp3) is 0.583. The van der Waals surface area contributed by atoms with Crippen molar-refractivity contribution in [3.63, 3.8) is 0 Å². The van der Waals surface area contributed by atoms with Crippen molar-refractivity contribution in [2.75, 3.05) is 6.54 Å². The van der Waals surface area contributed by atoms with Crippen LogP contribution in [0, 0.1) is 17.2 Å². The maximum absolute atomic E-state index is 8.61. The van der Waals surface area contributed by atoms with Crippen LogP contribution in [0.1, 0.15) is 31.4 Å². The lowest BCUT2D eigenvalue weighted by molar-refractivity contribution is 0.495. The standard InChI is InChI=1S/C12H17N3/c1-2-14-12(10-3-4-10)11-5-7-15(9-11)8-6-13/h5,7,9-10,12,14H,2-4,8H2,1H3. The van der Waals surface area contributed by atoms with E-state index < -0.39 is 0 Å². The summed E-state index contributed by atoms with van der Waals surface area (Å²) in [6, 6.07) is 4.78. The molecule has 15 heavy (non-hydrogen) atoms. The zero-order valence-electron chi connectivity index (χ0n) is 9.11. The molecule has 1 aromatic rings. The maximum atomic E-state index is 8.61. The van der Waals surface area contributed by atoms with E-state index in [1.807, 2.05) is 10.8 Å². The van der Waals surface area contributed by atoms with E-state index in [0.717, 1.165) is 12.5 Å². The summed E-state index contributed by atoms with van der Waals surface area (Å²) in [6.07, 6.45) is 6.75. The zero-order valence-corrected chi connectivity index (χ0v) is 9.11. The third kappa shape index (κ3) is 2.40. The normalized spacial score (nSPS) is 17.3. The summed E-state index contributed by atoms with van der Waals surface area (Å²) in [5.41, 5.74) is 1.33. The predicted octanol–water partition coefficient (Wildman–Crippen LogP) is 2.07. The predicted molar refractivity (Wildman–Crippen MR) is 59.2 cm³/mol. The summed E-state index contributed by atoms with van der Waals surface area (Å²) >= 11 is 0. The van der Waals surface area contributed by atoms with Crippen molar-refractivity contribution >= 4 is 0 Å². The van der Waals surface area contributed by atoms with Crippen molar-refractivity contribution in [2.45, 2.75) is 32.4 Å². The van der Waals surface area contributed by atoms with E-state index in [9.17, 15) is 0 Å². The third-order valence-electron chi connectivity index (χ3n) is 2.90. The number of rotatable bonds is 5. The van der Waals surface area contributed by atoms with Crippen molar-refractivity contribution in [3.05, 3.63) is 24.0 Å². The monoisotopic (exact) mass is 203 g/mol. The van der Waals surface area contributed by atoms with Gasteiger partial charge in [0.1, 0.15) is 6.54 Å². The average Bonchev–Trinajstić information content (AvgIpc) is 2.96. The number of hydrogen-bond donors (Lipinski definition) is 1. The van der Waals surface area contributed by atoms with Gasteiger partial charge in [0.05, 0.1) is 6.07 Å². The second-order valence-corrected chi connectivity index (χ2v) is 4.15. The Morgan fingerprint density at radius 1 is 1.67 bits per heavy atom. The molecular weight excluding hydrogens is 186 g/mol. The third-order valence-corrected chi connectivity index (χ3v) is 2.90. The number of hydrogen-bond acceptors (Lipinski definition) is 2. The van der Waals surface area contributed by atoms with Crippen LogP contribution in [-0.4, -0.2) is 11.1 Å². The number of aromatic nitrogens is 1. The molecule has 1 aromatic heterocycles. The van der Waals surface area contributed by atoms with Crippen LogP contribution in [0.4, 0.5) is 0 Å². The molecule has 1 atom stereocenters. The first kappa shape index (κ1) is 10.3. The van der Waals surface area contributed by atoms with Crippen molar-refractivity contribution in [1.82, 2.24) is 9.88 Å². The molecule has 0 aliphatic heterocycles. The maximum Gasteiger partial charge on any atom is 0.109 e. The van der Waals surface area contributed by atoms with Crippen LogP contribution in [0.15, 0.2) is 18.5 Å². The highest BCUT2D eigenvalue weighted by atomic mass is 15.0. The second-order valence-electron chi connectivity index (χ2n) is 4.15. The van der Waals surface area contributed by atoms with Gasteiger partial charge in [-0.25, -0.2) is 0 Å². The van der Waals surface area contributed by atoms with E-state index in [0.29, 0.717) is 12.6 Å². The van der Waals surface area contributed by atoms with Gasteiger partial charge in [-0.05, 0) is 36.9 Å². The summed E-state index contributed by atoms with van der Waals surface area (Å²) in [5.74, 6) is 0.808. The van der Waals surface area contributed by atoms with Crippen LogP contribution in [-0.2, 0) is 6.54 Å². The topological polar surface area (TPSA) is 40.8 Å². The molecule has 0 aromatic carbocycles. The van der Waals surface area contributed by atoms with E-state index in [1.54, 1.807) is 0 Å². The van der Waals surface area contributed by atoms with Gasteiger partial charge in [-0.2, -0.15) is 5.26 Å². The van der Waals surface area contributed by atoms with Gasteiger partial charge in [0.15, 0.2) is 0 Å². The smallest absolute Gasteiger partial charge is 0.109 e. The highest BCUT2D eigenvalue weighted by molar-refractivity contribution is 5.18. The molecule has 1 aliphatic rings. The minimum atomic E-state index is 0.448. The van der Waals surface area contributed by atoms with E-state index in [4.69, 9.17) is 5.26 Å². The highest BCUT2D eigenvalue weighted by Crippen LogP contribution is 2.40. The number of nitrogens with zero attached hydrogens (tertiary/aromatic N) is 2. The second kappa shape index (κ2) is 4.50. The largest absolute Gasteiger partial charge is 0.340 e. The zero-order chi connectivity index (χ0) is 10.7. The highest BCUT2D eigenvalue weighted by Gasteiger charge is 2.31. The number of nitrogens with one attached hydrogen (secondary N) is 1. The van der Waals surface area contributed by atoms with Gasteiger partial charge < -0.3 is 9.88 Å². The van der Waals surface area contributed by atoms with Crippen molar-refractivity contribution in [2.24, 2.45) is 5.92 Å². The first-order chi connectivity index (χ1) is 7.35. The Kier molecular flexibility index (Phi) is 3.08. The molecule has 0 spiro atoms. The Hall–Kier alpha value is -1.27. The van der Waals surface area contributed by atoms with Gasteiger partial charge in [0.25, 0.3) is 0 Å². The molecule has 0 saturated heterocycles. The van der Waals surface area contributed by atoms with Gasteiger partial charge in [-0.1, -0.05) is 6.92 Å². The van der Waals surface area contributed by atoms with Crippen molar-refractivity contribution in [3.8, 4) is 6.07 Å². The Labute approximate surface area is 90.7 Å². The summed E-state index contributed by atoms with van der Waals surface area (Å²) in [5, 5.41) is 12.1. The molecule has 1 unspecified atom stereocenters. The first-order valence-corrected chi connectivity index (χ1v) is 5.61. The Balaban J connectivity index is 2.08. The van der Waals surface area contributed by atoms with Crippen molar-refractivity contribution < 1.29 is 0 Å². The number of nitriles is 1. The van der Waals surface area contributed by atoms with Crippen LogP contribution < -0.4 is 5.32 Å². The molecule has 3 heteroatoms. The van der Waals surface area contributed by atoms with Gasteiger partial charge in [-0.15, -0.1) is 0 Å². The first-order valence-electron chi connectivity index (χ1n) is 5.61. The van der Waals surface area contributed by atoms with Gasteiger partial charge in [-0.3, -0.25) is 0 Å². The fourth-order valence-corrected chi connectivity index (χ4v) is 2.03. The van der Waals surface area contributed by atoms with Gasteiger partial charge in [0.2, 0.25) is 0 Å². The lowest BCUT2D eigenvalue weighted by Crippen LogP contribution is -2.22. The molecule has 1 heterocycles. The van der Waals surface area contributed by atoms with Crippen molar-refractivity contribution in [1.29, 1.82) is 5.26 Å². The average molecular weight is 203 g/mol. The van der Waals surface area contributed by atoms with E-state index >= 15 is 0 Å². The van der Waals surface area contributed by atoms with Crippen LogP contribution in [0.3, 0.4) is 0 Å². The lowest BCUT2D eigenvalue weighted by atomic mass is 10.1. The Bertz CT molecular complexity index is 357. The molecule has 0 amide bonds. The van der Waals surface area contributed by atoms with Crippen LogP contribution >= 0.6 is 0 Å². The molecule has 2 rings (SSSR count). The van der Waals surface area contributed by atoms with Gasteiger partial charge >= 0.3 is 0 Å². The molecule has 0 bridgehead atoms. The summed E-state index contributed by atoms with van der Waals surface area (Å²) in [4.78, 5) is 0. The molecule has 1 N–H and O–H groups in total. The van der Waals surface area contributed by atoms with E-state index in [2.05, 4.69) is 30.6 Å². The van der Waals surface area contributed by atoms with Crippen LogP contribution in [0.25, 0.3) is 0 Å². The molecule has 3 nitrogen and oxygen atoms in total. The molecule has 1 fully saturated rings. The minimum absolute atomic E-state index is 0.448. The van der Waals surface area contributed by atoms with E-state index in [-0.39, 0.29) is 0 Å². The summed E-state index contributed by atoms with van der Waals surface area (Å²) < 4.78 is 1.95. The van der Waals surface area contributed by atoms with Crippen LogP contribution in [0.2, 0.25) is 0 Å². The summed E-state index contributed by atoms with van der Waals surface area (Å²) in [7, 11) is 0.